The third kappa shape index (κ3) is 4.72. The van der Waals surface area contributed by atoms with Gasteiger partial charge in [0.1, 0.15) is 6.33 Å². The van der Waals surface area contributed by atoms with E-state index in [1.165, 1.54) is 11.9 Å². The number of hydrogen-bond donors (Lipinski definition) is 2. The average molecular weight is 377 g/mol. The molecular formula is C20H23N7O. The van der Waals surface area contributed by atoms with Crippen LogP contribution in [0.15, 0.2) is 60.9 Å². The molecule has 2 aromatic carbocycles. The fraction of sp³-hybridized carbons (Fsp3) is 0.300. The van der Waals surface area contributed by atoms with Crippen LogP contribution in [-0.2, 0) is 6.54 Å². The SMILES string of the molecule is O=C(NCC1CCN(Cc2ccccc2)C1)Nc1cccc(-n2cnnn2)c1. The minimum Gasteiger partial charge on any atom is -0.338 e. The first-order valence-electron chi connectivity index (χ1n) is 9.41. The number of nitrogens with zero attached hydrogens (tertiary/aromatic N) is 5. The van der Waals surface area contributed by atoms with Gasteiger partial charge >= 0.3 is 6.03 Å². The quantitative estimate of drug-likeness (QED) is 0.688. The molecule has 4 rings (SSSR count). The summed E-state index contributed by atoms with van der Waals surface area (Å²) in [6, 6.07) is 17.7. The topological polar surface area (TPSA) is 88.0 Å². The second-order valence-corrected chi connectivity index (χ2v) is 7.02. The molecule has 144 valence electrons. The molecule has 0 saturated carbocycles. The molecule has 1 fully saturated rings. The summed E-state index contributed by atoms with van der Waals surface area (Å²) in [6.07, 6.45) is 2.61. The molecule has 28 heavy (non-hydrogen) atoms. The Hall–Kier alpha value is -3.26. The van der Waals surface area contributed by atoms with E-state index < -0.39 is 0 Å². The van der Waals surface area contributed by atoms with E-state index in [0.29, 0.717) is 18.2 Å². The molecule has 1 aromatic heterocycles. The highest BCUT2D eigenvalue weighted by atomic mass is 16.2. The highest BCUT2D eigenvalue weighted by Crippen LogP contribution is 2.18. The number of benzene rings is 2. The average Bonchev–Trinajstić information content (AvgIpc) is 3.40. The lowest BCUT2D eigenvalue weighted by Gasteiger charge is -2.16. The van der Waals surface area contributed by atoms with Crippen molar-refractivity contribution >= 4 is 11.7 Å². The molecule has 1 atom stereocenters. The Morgan fingerprint density at radius 2 is 2.04 bits per heavy atom. The van der Waals surface area contributed by atoms with E-state index in [2.05, 4.69) is 55.3 Å². The molecule has 0 bridgehead atoms. The van der Waals surface area contributed by atoms with E-state index in [9.17, 15) is 4.79 Å². The van der Waals surface area contributed by atoms with Crippen LogP contribution in [0.1, 0.15) is 12.0 Å². The minimum atomic E-state index is -0.199. The van der Waals surface area contributed by atoms with Crippen LogP contribution in [0.2, 0.25) is 0 Å². The predicted molar refractivity (Wildman–Crippen MR) is 106 cm³/mol. The van der Waals surface area contributed by atoms with Crippen molar-refractivity contribution in [3.05, 3.63) is 66.5 Å². The Morgan fingerprint density at radius 3 is 2.86 bits per heavy atom. The smallest absolute Gasteiger partial charge is 0.319 e. The van der Waals surface area contributed by atoms with E-state index in [-0.39, 0.29) is 6.03 Å². The van der Waals surface area contributed by atoms with Gasteiger partial charge in [0.2, 0.25) is 0 Å². The van der Waals surface area contributed by atoms with Gasteiger partial charge in [0.25, 0.3) is 0 Å². The van der Waals surface area contributed by atoms with Gasteiger partial charge in [0, 0.05) is 25.3 Å². The molecule has 2 N–H and O–H groups in total. The van der Waals surface area contributed by atoms with E-state index in [1.807, 2.05) is 30.3 Å². The highest BCUT2D eigenvalue weighted by molar-refractivity contribution is 5.89. The molecule has 8 heteroatoms. The van der Waals surface area contributed by atoms with E-state index in [0.717, 1.165) is 31.7 Å². The number of hydrogen-bond acceptors (Lipinski definition) is 5. The molecule has 2 amide bonds. The van der Waals surface area contributed by atoms with Crippen molar-refractivity contribution < 1.29 is 4.79 Å². The van der Waals surface area contributed by atoms with Crippen LogP contribution in [0.25, 0.3) is 5.69 Å². The summed E-state index contributed by atoms with van der Waals surface area (Å²) in [6.45, 7) is 3.71. The first kappa shape index (κ1) is 18.1. The van der Waals surface area contributed by atoms with E-state index >= 15 is 0 Å². The molecule has 2 heterocycles. The number of carbonyl (C=O) groups excluding carboxylic acids is 1. The largest absolute Gasteiger partial charge is 0.338 e. The number of urea groups is 1. The zero-order valence-corrected chi connectivity index (χ0v) is 15.5. The van der Waals surface area contributed by atoms with Crippen LogP contribution in [-0.4, -0.2) is 50.8 Å². The minimum absolute atomic E-state index is 0.199. The van der Waals surface area contributed by atoms with E-state index in [4.69, 9.17) is 0 Å². The summed E-state index contributed by atoms with van der Waals surface area (Å²) in [5.74, 6) is 0.474. The van der Waals surface area contributed by atoms with Gasteiger partial charge in [-0.1, -0.05) is 36.4 Å². The lowest BCUT2D eigenvalue weighted by molar-refractivity contribution is 0.249. The molecule has 0 radical (unpaired) electrons. The molecule has 1 aliphatic rings. The second-order valence-electron chi connectivity index (χ2n) is 7.02. The summed E-state index contributed by atoms with van der Waals surface area (Å²) in [5, 5.41) is 17.0. The fourth-order valence-corrected chi connectivity index (χ4v) is 3.48. The zero-order chi connectivity index (χ0) is 19.2. The van der Waals surface area contributed by atoms with Crippen LogP contribution in [0.3, 0.4) is 0 Å². The molecule has 1 saturated heterocycles. The molecule has 3 aromatic rings. The first-order valence-corrected chi connectivity index (χ1v) is 9.41. The monoisotopic (exact) mass is 377 g/mol. The Morgan fingerprint density at radius 1 is 1.14 bits per heavy atom. The lowest BCUT2D eigenvalue weighted by atomic mass is 10.1. The number of carbonyl (C=O) groups is 1. The molecular weight excluding hydrogens is 354 g/mol. The molecule has 8 nitrogen and oxygen atoms in total. The van der Waals surface area contributed by atoms with Crippen molar-refractivity contribution in [2.75, 3.05) is 25.0 Å². The fourth-order valence-electron chi connectivity index (χ4n) is 3.48. The van der Waals surface area contributed by atoms with E-state index in [1.54, 1.807) is 4.68 Å². The molecule has 1 unspecified atom stereocenters. The number of rotatable bonds is 6. The van der Waals surface area contributed by atoms with Gasteiger partial charge in [0.15, 0.2) is 0 Å². The van der Waals surface area contributed by atoms with Gasteiger partial charge in [-0.15, -0.1) is 5.10 Å². The van der Waals surface area contributed by atoms with Crippen LogP contribution in [0, 0.1) is 5.92 Å². The Labute approximate surface area is 163 Å². The second kappa shape index (κ2) is 8.62. The third-order valence-corrected chi connectivity index (χ3v) is 4.89. The van der Waals surface area contributed by atoms with Crippen molar-refractivity contribution in [2.45, 2.75) is 13.0 Å². The van der Waals surface area contributed by atoms with Crippen LogP contribution >= 0.6 is 0 Å². The number of nitrogens with one attached hydrogen (secondary N) is 2. The molecule has 1 aliphatic heterocycles. The number of likely N-dealkylation sites (tertiary alicyclic amines) is 1. The van der Waals surface area contributed by atoms with Crippen molar-refractivity contribution in [2.24, 2.45) is 5.92 Å². The number of aromatic nitrogens is 4. The van der Waals surface area contributed by atoms with Crippen molar-refractivity contribution in [1.29, 1.82) is 0 Å². The molecule has 0 aliphatic carbocycles. The van der Waals surface area contributed by atoms with Gasteiger partial charge in [0.05, 0.1) is 5.69 Å². The number of amides is 2. The number of tetrazole rings is 1. The van der Waals surface area contributed by atoms with Crippen molar-refractivity contribution in [1.82, 2.24) is 30.4 Å². The Bertz CT molecular complexity index is 898. The first-order chi connectivity index (χ1) is 13.8. The zero-order valence-electron chi connectivity index (χ0n) is 15.5. The summed E-state index contributed by atoms with van der Waals surface area (Å²) in [7, 11) is 0. The predicted octanol–water partition coefficient (Wildman–Crippen LogP) is 2.31. The van der Waals surface area contributed by atoms with Gasteiger partial charge in [-0.25, -0.2) is 9.48 Å². The summed E-state index contributed by atoms with van der Waals surface area (Å²) < 4.78 is 1.54. The maximum atomic E-state index is 12.3. The van der Waals surface area contributed by atoms with Crippen molar-refractivity contribution in [3.63, 3.8) is 0 Å². The van der Waals surface area contributed by atoms with Crippen LogP contribution < -0.4 is 10.6 Å². The highest BCUT2D eigenvalue weighted by Gasteiger charge is 2.22. The standard InChI is InChI=1S/C20H23N7O/c28-20(23-18-7-4-8-19(11-18)27-15-22-24-25-27)21-12-17-9-10-26(14-17)13-16-5-2-1-3-6-16/h1-8,11,15,17H,9-10,12-14H2,(H2,21,23,28). The number of anilines is 1. The summed E-state index contributed by atoms with van der Waals surface area (Å²) in [4.78, 5) is 14.7. The lowest BCUT2D eigenvalue weighted by Crippen LogP contribution is -2.34. The van der Waals surface area contributed by atoms with Gasteiger partial charge in [-0.2, -0.15) is 0 Å². The van der Waals surface area contributed by atoms with Gasteiger partial charge in [-0.05, 0) is 53.1 Å². The Balaban J connectivity index is 1.23. The van der Waals surface area contributed by atoms with Gasteiger partial charge in [-0.3, -0.25) is 4.90 Å². The maximum Gasteiger partial charge on any atom is 0.319 e. The van der Waals surface area contributed by atoms with Gasteiger partial charge < -0.3 is 10.6 Å². The third-order valence-electron chi connectivity index (χ3n) is 4.89. The van der Waals surface area contributed by atoms with Crippen LogP contribution in [0.4, 0.5) is 10.5 Å². The maximum absolute atomic E-state index is 12.3. The summed E-state index contributed by atoms with van der Waals surface area (Å²) in [5.41, 5.74) is 2.81. The van der Waals surface area contributed by atoms with Crippen LogP contribution in [0.5, 0.6) is 0 Å². The van der Waals surface area contributed by atoms with Crippen molar-refractivity contribution in [3.8, 4) is 5.69 Å². The normalized spacial score (nSPS) is 16.8. The Kier molecular flexibility index (Phi) is 5.58. The summed E-state index contributed by atoms with van der Waals surface area (Å²) >= 11 is 0. The molecule has 0 spiro atoms.